The summed E-state index contributed by atoms with van der Waals surface area (Å²) in [4.78, 5) is 0. The molecule has 0 heterocycles. The molecule has 0 saturated carbocycles. The van der Waals surface area contributed by atoms with Gasteiger partial charge in [0.05, 0.1) is 17.8 Å². The van der Waals surface area contributed by atoms with Crippen molar-refractivity contribution in [3.63, 3.8) is 0 Å². The molecule has 0 aliphatic rings. The van der Waals surface area contributed by atoms with E-state index in [9.17, 15) is 4.39 Å². The van der Waals surface area contributed by atoms with Crippen LogP contribution in [-0.4, -0.2) is 7.11 Å². The Hall–Kier alpha value is -1.74. The Balaban J connectivity index is 2.46. The molecule has 2 aromatic rings. The van der Waals surface area contributed by atoms with E-state index in [2.05, 4.69) is 0 Å². The number of anilines is 1. The highest BCUT2D eigenvalue weighted by Gasteiger charge is 2.06. The summed E-state index contributed by atoms with van der Waals surface area (Å²) in [5.41, 5.74) is 7.72. The van der Waals surface area contributed by atoms with Crippen molar-refractivity contribution in [2.24, 2.45) is 0 Å². The highest BCUT2D eigenvalue weighted by Crippen LogP contribution is 2.29. The molecule has 4 heteroatoms. The van der Waals surface area contributed by atoms with Crippen molar-refractivity contribution in [1.29, 1.82) is 0 Å². The van der Waals surface area contributed by atoms with Gasteiger partial charge in [0.2, 0.25) is 0 Å². The van der Waals surface area contributed by atoms with E-state index in [1.807, 2.05) is 0 Å². The van der Waals surface area contributed by atoms with Gasteiger partial charge in [-0.05, 0) is 35.4 Å². The van der Waals surface area contributed by atoms with Crippen LogP contribution in [0.5, 0.6) is 5.75 Å². The van der Waals surface area contributed by atoms with E-state index in [1.165, 1.54) is 13.2 Å². The van der Waals surface area contributed by atoms with E-state index in [0.717, 1.165) is 11.1 Å². The van der Waals surface area contributed by atoms with Crippen molar-refractivity contribution in [3.05, 3.63) is 47.2 Å². The van der Waals surface area contributed by atoms with E-state index in [-0.39, 0.29) is 5.75 Å². The fourth-order valence-corrected chi connectivity index (χ4v) is 1.69. The molecular formula is C13H11ClFNO. The standard InChI is InChI=1S/C13H11ClFNO/c1-17-13-5-3-8(6-11(13)15)9-2-4-10(14)12(16)7-9/h2-7H,16H2,1H3. The lowest BCUT2D eigenvalue weighted by molar-refractivity contribution is 0.386. The van der Waals surface area contributed by atoms with Gasteiger partial charge in [-0.25, -0.2) is 4.39 Å². The molecule has 2 nitrogen and oxygen atoms in total. The zero-order chi connectivity index (χ0) is 12.4. The van der Waals surface area contributed by atoms with Crippen molar-refractivity contribution >= 4 is 17.3 Å². The summed E-state index contributed by atoms with van der Waals surface area (Å²) in [5, 5.41) is 0.489. The molecule has 88 valence electrons. The molecule has 0 aromatic heterocycles. The summed E-state index contributed by atoms with van der Waals surface area (Å²) in [6.45, 7) is 0. The molecule has 2 aromatic carbocycles. The Bertz CT molecular complexity index is 557. The van der Waals surface area contributed by atoms with Crippen LogP contribution in [0, 0.1) is 5.82 Å². The topological polar surface area (TPSA) is 35.2 Å². The summed E-state index contributed by atoms with van der Waals surface area (Å²) >= 11 is 5.83. The number of halogens is 2. The maximum atomic E-state index is 13.5. The summed E-state index contributed by atoms with van der Waals surface area (Å²) in [5.74, 6) is -0.186. The molecule has 17 heavy (non-hydrogen) atoms. The van der Waals surface area contributed by atoms with Gasteiger partial charge in [-0.15, -0.1) is 0 Å². The molecule has 0 aliphatic heterocycles. The Morgan fingerprint density at radius 3 is 2.35 bits per heavy atom. The van der Waals surface area contributed by atoms with Gasteiger partial charge in [-0.1, -0.05) is 23.7 Å². The lowest BCUT2D eigenvalue weighted by Crippen LogP contribution is -1.90. The van der Waals surface area contributed by atoms with Gasteiger partial charge in [-0.3, -0.25) is 0 Å². The van der Waals surface area contributed by atoms with E-state index in [0.29, 0.717) is 10.7 Å². The summed E-state index contributed by atoms with van der Waals surface area (Å²) in [7, 11) is 1.43. The highest BCUT2D eigenvalue weighted by molar-refractivity contribution is 6.33. The van der Waals surface area contributed by atoms with Gasteiger partial charge in [0.25, 0.3) is 0 Å². The Morgan fingerprint density at radius 1 is 1.12 bits per heavy atom. The normalized spacial score (nSPS) is 10.3. The van der Waals surface area contributed by atoms with Gasteiger partial charge in [0.1, 0.15) is 0 Å². The second-order valence-electron chi connectivity index (χ2n) is 3.59. The van der Waals surface area contributed by atoms with Gasteiger partial charge >= 0.3 is 0 Å². The number of nitrogens with two attached hydrogens (primary N) is 1. The number of rotatable bonds is 2. The lowest BCUT2D eigenvalue weighted by Gasteiger charge is -2.07. The molecular weight excluding hydrogens is 241 g/mol. The second-order valence-corrected chi connectivity index (χ2v) is 3.99. The summed E-state index contributed by atoms with van der Waals surface area (Å²) in [6.07, 6.45) is 0. The average molecular weight is 252 g/mol. The van der Waals surface area contributed by atoms with Crippen LogP contribution in [0.4, 0.5) is 10.1 Å². The first-order valence-electron chi connectivity index (χ1n) is 5.01. The van der Waals surface area contributed by atoms with Crippen LogP contribution in [0.25, 0.3) is 11.1 Å². The lowest BCUT2D eigenvalue weighted by atomic mass is 10.0. The zero-order valence-corrected chi connectivity index (χ0v) is 9.96. The smallest absolute Gasteiger partial charge is 0.165 e. The number of benzene rings is 2. The quantitative estimate of drug-likeness (QED) is 0.826. The molecule has 0 fully saturated rings. The number of nitrogen functional groups attached to an aromatic ring is 1. The fraction of sp³-hybridized carbons (Fsp3) is 0.0769. The summed E-state index contributed by atoms with van der Waals surface area (Å²) in [6, 6.07) is 9.94. The molecule has 0 saturated heterocycles. The minimum atomic E-state index is -0.404. The first-order chi connectivity index (χ1) is 8.11. The van der Waals surface area contributed by atoms with Crippen LogP contribution in [-0.2, 0) is 0 Å². The Morgan fingerprint density at radius 2 is 1.76 bits per heavy atom. The highest BCUT2D eigenvalue weighted by atomic mass is 35.5. The maximum absolute atomic E-state index is 13.5. The first-order valence-corrected chi connectivity index (χ1v) is 5.38. The number of ether oxygens (including phenoxy) is 1. The molecule has 2 rings (SSSR count). The van der Waals surface area contributed by atoms with Crippen LogP contribution in [0.2, 0.25) is 5.02 Å². The molecule has 0 spiro atoms. The minimum absolute atomic E-state index is 0.218. The van der Waals surface area contributed by atoms with E-state index in [4.69, 9.17) is 22.1 Å². The maximum Gasteiger partial charge on any atom is 0.165 e. The fourth-order valence-electron chi connectivity index (χ4n) is 1.57. The third kappa shape index (κ3) is 2.34. The van der Waals surface area contributed by atoms with Gasteiger partial charge in [-0.2, -0.15) is 0 Å². The van der Waals surface area contributed by atoms with Crippen molar-refractivity contribution in [3.8, 4) is 16.9 Å². The Kier molecular flexibility index (Phi) is 3.20. The minimum Gasteiger partial charge on any atom is -0.494 e. The van der Waals surface area contributed by atoms with Crippen LogP contribution in [0.15, 0.2) is 36.4 Å². The van der Waals surface area contributed by atoms with Crippen molar-refractivity contribution in [2.45, 2.75) is 0 Å². The van der Waals surface area contributed by atoms with Gasteiger partial charge in [0.15, 0.2) is 11.6 Å². The predicted molar refractivity (Wildman–Crippen MR) is 67.8 cm³/mol. The van der Waals surface area contributed by atoms with E-state index >= 15 is 0 Å². The number of hydrogen-bond acceptors (Lipinski definition) is 2. The largest absolute Gasteiger partial charge is 0.494 e. The molecule has 2 N–H and O–H groups in total. The number of methoxy groups -OCH3 is 1. The van der Waals surface area contributed by atoms with Crippen molar-refractivity contribution < 1.29 is 9.13 Å². The van der Waals surface area contributed by atoms with Crippen LogP contribution < -0.4 is 10.5 Å². The predicted octanol–water partition coefficient (Wildman–Crippen LogP) is 3.74. The first kappa shape index (κ1) is 11.7. The molecule has 0 bridgehead atoms. The SMILES string of the molecule is COc1ccc(-c2ccc(Cl)c(N)c2)cc1F. The van der Waals surface area contributed by atoms with E-state index < -0.39 is 5.82 Å². The molecule has 0 atom stereocenters. The van der Waals surface area contributed by atoms with Crippen LogP contribution in [0.1, 0.15) is 0 Å². The van der Waals surface area contributed by atoms with Gasteiger partial charge < -0.3 is 10.5 Å². The van der Waals surface area contributed by atoms with E-state index in [1.54, 1.807) is 30.3 Å². The van der Waals surface area contributed by atoms with Crippen LogP contribution >= 0.6 is 11.6 Å². The third-order valence-electron chi connectivity index (χ3n) is 2.48. The monoisotopic (exact) mass is 251 g/mol. The van der Waals surface area contributed by atoms with Gasteiger partial charge in [0, 0.05) is 0 Å². The number of hydrogen-bond donors (Lipinski definition) is 1. The van der Waals surface area contributed by atoms with Crippen molar-refractivity contribution in [1.82, 2.24) is 0 Å². The molecule has 0 aliphatic carbocycles. The third-order valence-corrected chi connectivity index (χ3v) is 2.83. The van der Waals surface area contributed by atoms with Crippen LogP contribution in [0.3, 0.4) is 0 Å². The Labute approximate surface area is 104 Å². The molecule has 0 unspecified atom stereocenters. The summed E-state index contributed by atoms with van der Waals surface area (Å²) < 4.78 is 18.4. The zero-order valence-electron chi connectivity index (χ0n) is 9.21. The molecule has 0 radical (unpaired) electrons. The molecule has 0 amide bonds. The average Bonchev–Trinajstić information content (AvgIpc) is 2.32. The van der Waals surface area contributed by atoms with Crippen molar-refractivity contribution in [2.75, 3.05) is 12.8 Å². The second kappa shape index (κ2) is 4.63.